The molecule has 2 aromatic heterocycles. The molecule has 2 aliphatic carbocycles. The van der Waals surface area contributed by atoms with Crippen LogP contribution in [0.3, 0.4) is 0 Å². The highest BCUT2D eigenvalue weighted by Crippen LogP contribution is 2.46. The number of likely N-dealkylation sites (tertiary alicyclic amines) is 2. The minimum atomic E-state index is -4.37. The normalized spacial score (nSPS) is 23.9. The number of aromatic nitrogens is 2. The van der Waals surface area contributed by atoms with Crippen LogP contribution < -0.4 is 19.5 Å². The van der Waals surface area contributed by atoms with Crippen LogP contribution in [0.5, 0.6) is 11.5 Å². The predicted octanol–water partition coefficient (Wildman–Crippen LogP) is 5.18. The molecule has 2 saturated heterocycles. The number of carbonyl (C=O) groups is 4. The Bertz CT molecular complexity index is 2310. The summed E-state index contributed by atoms with van der Waals surface area (Å²) >= 11 is 0. The number of nitrogens with zero attached hydrogens (tertiary/aromatic N) is 4. The van der Waals surface area contributed by atoms with Crippen molar-refractivity contribution in [3.8, 4) is 22.9 Å². The molecule has 2 N–H and O–H groups in total. The van der Waals surface area contributed by atoms with Crippen molar-refractivity contribution in [2.45, 2.75) is 94.8 Å². The first-order chi connectivity index (χ1) is 28.7. The van der Waals surface area contributed by atoms with E-state index in [9.17, 15) is 40.8 Å². The molecular formula is C43H51F3N6O8S. The molecule has 0 spiro atoms. The molecular weight excluding hydrogens is 818 g/mol. The van der Waals surface area contributed by atoms with E-state index < -0.39 is 85.9 Å². The lowest BCUT2D eigenvalue weighted by atomic mass is 9.77. The van der Waals surface area contributed by atoms with Crippen molar-refractivity contribution in [3.63, 3.8) is 0 Å². The summed E-state index contributed by atoms with van der Waals surface area (Å²) in [5.74, 6) is -4.83. The number of fused-ring (bicyclic) bond motifs is 1. The number of pyridine rings is 2. The van der Waals surface area contributed by atoms with Gasteiger partial charge in [0.25, 0.3) is 5.91 Å². The molecule has 14 nitrogen and oxygen atoms in total. The molecule has 2 saturated carbocycles. The lowest BCUT2D eigenvalue weighted by molar-refractivity contribution is -0.186. The van der Waals surface area contributed by atoms with Crippen LogP contribution in [-0.4, -0.2) is 108 Å². The maximum atomic E-state index is 14.9. The zero-order valence-electron chi connectivity index (χ0n) is 34.5. The largest absolute Gasteiger partial charge is 0.497 e. The number of rotatable bonds is 13. The number of nitrogens with one attached hydrogen (secondary N) is 2. The van der Waals surface area contributed by atoms with Gasteiger partial charge in [0.15, 0.2) is 0 Å². The molecule has 4 fully saturated rings. The number of hydrogen-bond acceptors (Lipinski definition) is 10. The van der Waals surface area contributed by atoms with Crippen molar-refractivity contribution in [2.24, 2.45) is 23.2 Å². The van der Waals surface area contributed by atoms with Gasteiger partial charge in [0.05, 0.1) is 47.6 Å². The van der Waals surface area contributed by atoms with Crippen LogP contribution in [0.1, 0.15) is 65.7 Å². The molecule has 0 radical (unpaired) electrons. The number of alkyl halides is 3. The van der Waals surface area contributed by atoms with E-state index in [1.807, 2.05) is 6.07 Å². The Morgan fingerprint density at radius 1 is 1.03 bits per heavy atom. The summed E-state index contributed by atoms with van der Waals surface area (Å²) in [6, 6.07) is 11.1. The zero-order chi connectivity index (χ0) is 44.1. The molecule has 1 aromatic carbocycles. The molecule has 3 aromatic rings. The number of carbonyl (C=O) groups excluding carboxylic acids is 4. The maximum absolute atomic E-state index is 14.9. The monoisotopic (exact) mass is 868 g/mol. The van der Waals surface area contributed by atoms with E-state index in [0.717, 1.165) is 0 Å². The molecule has 4 aliphatic rings. The molecule has 0 bridgehead atoms. The molecule has 1 unspecified atom stereocenters. The molecule has 18 heteroatoms. The second kappa shape index (κ2) is 16.5. The maximum Gasteiger partial charge on any atom is 0.391 e. The van der Waals surface area contributed by atoms with Crippen molar-refractivity contribution in [1.82, 2.24) is 29.8 Å². The summed E-state index contributed by atoms with van der Waals surface area (Å²) in [6.45, 7) is 8.77. The number of benzene rings is 1. The fourth-order valence-electron chi connectivity index (χ4n) is 8.34. The highest BCUT2D eigenvalue weighted by molar-refractivity contribution is 7.91. The summed E-state index contributed by atoms with van der Waals surface area (Å²) in [5, 5.41) is 2.70. The van der Waals surface area contributed by atoms with Gasteiger partial charge in [0.2, 0.25) is 27.7 Å². The van der Waals surface area contributed by atoms with Gasteiger partial charge in [-0.05, 0) is 61.8 Å². The van der Waals surface area contributed by atoms with Crippen LogP contribution in [0.2, 0.25) is 0 Å². The van der Waals surface area contributed by atoms with E-state index in [2.05, 4.69) is 21.6 Å². The van der Waals surface area contributed by atoms with Crippen LogP contribution >= 0.6 is 0 Å². The van der Waals surface area contributed by atoms with Crippen LogP contribution in [0.4, 0.5) is 13.2 Å². The Morgan fingerprint density at radius 2 is 1.75 bits per heavy atom. The third-order valence-corrected chi connectivity index (χ3v) is 14.1. The summed E-state index contributed by atoms with van der Waals surface area (Å²) in [5.41, 5.74) is -0.903. The van der Waals surface area contributed by atoms with E-state index in [0.29, 0.717) is 46.6 Å². The third kappa shape index (κ3) is 9.33. The van der Waals surface area contributed by atoms with Crippen LogP contribution in [-0.2, 0) is 29.2 Å². The first-order valence-corrected chi connectivity index (χ1v) is 22.0. The van der Waals surface area contributed by atoms with Gasteiger partial charge in [-0.3, -0.25) is 28.9 Å². The molecule has 4 heterocycles. The fourth-order valence-corrected chi connectivity index (χ4v) is 9.71. The minimum Gasteiger partial charge on any atom is -0.497 e. The third-order valence-electron chi connectivity index (χ3n) is 12.3. The lowest BCUT2D eigenvalue weighted by Crippen LogP contribution is -2.57. The number of amides is 4. The van der Waals surface area contributed by atoms with Crippen molar-refractivity contribution in [2.75, 3.05) is 26.7 Å². The minimum absolute atomic E-state index is 0.0525. The SMILES string of the molecule is C=CC1C[C@]1(NC(=O)[C@@H]1C[C@@H](Oc2cc(-c3ccccn3)nc3cc(OC)ccc23)CN1C(=O)[C@@H](CC(=O)N1CCC(C(F)(F)F)CC1)C(C)(C)C)C(=O)NS(=O)(=O)C1CC1. The van der Waals surface area contributed by atoms with Gasteiger partial charge in [0.1, 0.15) is 29.2 Å². The number of ether oxygens (including phenoxy) is 2. The van der Waals surface area contributed by atoms with Gasteiger partial charge in [0, 0.05) is 55.6 Å². The van der Waals surface area contributed by atoms with Crippen LogP contribution in [0.25, 0.3) is 22.3 Å². The van der Waals surface area contributed by atoms with Gasteiger partial charge in [-0.1, -0.05) is 32.9 Å². The predicted molar refractivity (Wildman–Crippen MR) is 218 cm³/mol. The average molecular weight is 869 g/mol. The van der Waals surface area contributed by atoms with E-state index in [1.165, 1.54) is 23.0 Å². The summed E-state index contributed by atoms with van der Waals surface area (Å²) < 4.78 is 80.2. The van der Waals surface area contributed by atoms with E-state index in [-0.39, 0.29) is 51.7 Å². The molecule has 328 valence electrons. The van der Waals surface area contributed by atoms with Gasteiger partial charge in [-0.15, -0.1) is 6.58 Å². The number of piperidine rings is 1. The van der Waals surface area contributed by atoms with Crippen molar-refractivity contribution < 1.29 is 50.2 Å². The zero-order valence-corrected chi connectivity index (χ0v) is 35.4. The molecule has 4 amide bonds. The molecule has 61 heavy (non-hydrogen) atoms. The first-order valence-electron chi connectivity index (χ1n) is 20.5. The highest BCUT2D eigenvalue weighted by Gasteiger charge is 2.62. The smallest absolute Gasteiger partial charge is 0.391 e. The number of methoxy groups -OCH3 is 1. The van der Waals surface area contributed by atoms with Crippen molar-refractivity contribution in [3.05, 3.63) is 61.3 Å². The molecule has 5 atom stereocenters. The van der Waals surface area contributed by atoms with Crippen molar-refractivity contribution >= 4 is 44.6 Å². The summed E-state index contributed by atoms with van der Waals surface area (Å²) in [7, 11) is -2.44. The second-order valence-corrected chi connectivity index (χ2v) is 19.5. The van der Waals surface area contributed by atoms with Gasteiger partial charge in [-0.2, -0.15) is 13.2 Å². The van der Waals surface area contributed by atoms with E-state index >= 15 is 0 Å². The Labute approximate surface area is 352 Å². The standard InChI is InChI=1S/C43H51F3N6O8S/c1-6-25-23-42(25,40(56)50-61(57,58)29-11-12-29)49-38(54)35-20-28(60-36-22-34(32-9-7-8-16-47-32)48-33-19-27(59-5)10-13-30(33)36)24-52(35)39(55)31(41(2,3)4)21-37(53)51-17-14-26(15-18-51)43(44,45)46/h6-10,13,16,19,22,25-26,28-29,31,35H,1,11-12,14-15,17-18,20-21,23-24H2,2-5H3,(H,49,54)(H,50,56)/t25?,28-,31-,35+,42-/m1/s1. The topological polar surface area (TPSA) is 177 Å². The van der Waals surface area contributed by atoms with E-state index in [1.54, 1.807) is 63.4 Å². The molecule has 2 aliphatic heterocycles. The Morgan fingerprint density at radius 3 is 2.34 bits per heavy atom. The highest BCUT2D eigenvalue weighted by atomic mass is 32.2. The fraction of sp³-hybridized carbons (Fsp3) is 0.535. The number of halogens is 3. The van der Waals surface area contributed by atoms with Crippen LogP contribution in [0, 0.1) is 23.2 Å². The average Bonchev–Trinajstić information content (AvgIpc) is 4.15. The quantitative estimate of drug-likeness (QED) is 0.218. The van der Waals surface area contributed by atoms with Crippen molar-refractivity contribution in [1.29, 1.82) is 0 Å². The molecule has 7 rings (SSSR count). The summed E-state index contributed by atoms with van der Waals surface area (Å²) in [4.78, 5) is 68.7. The number of hydrogen-bond donors (Lipinski definition) is 2. The number of sulfonamides is 1. The Kier molecular flexibility index (Phi) is 11.9. The Balaban J connectivity index is 1.19. The first kappa shape index (κ1) is 43.8. The van der Waals surface area contributed by atoms with E-state index in [4.69, 9.17) is 14.5 Å². The Hall–Kier alpha value is -5.26. The van der Waals surface area contributed by atoms with Gasteiger partial charge >= 0.3 is 6.18 Å². The van der Waals surface area contributed by atoms with Gasteiger partial charge < -0.3 is 24.6 Å². The second-order valence-electron chi connectivity index (χ2n) is 17.6. The summed E-state index contributed by atoms with van der Waals surface area (Å²) in [6.07, 6.45) is -2.01. The van der Waals surface area contributed by atoms with Gasteiger partial charge in [-0.25, -0.2) is 13.4 Å². The lowest BCUT2D eigenvalue weighted by Gasteiger charge is -2.37. The van der Waals surface area contributed by atoms with Crippen LogP contribution in [0.15, 0.2) is 61.3 Å².